The van der Waals surface area contributed by atoms with Crippen LogP contribution in [0.15, 0.2) is 67.3 Å². The van der Waals surface area contributed by atoms with E-state index in [0.29, 0.717) is 36.8 Å². The van der Waals surface area contributed by atoms with Crippen molar-refractivity contribution in [3.05, 3.63) is 77.8 Å². The number of carbonyl (C=O) groups excluding carboxylic acids is 1. The highest BCUT2D eigenvalue weighted by Crippen LogP contribution is 2.20. The molecule has 1 atom stereocenters. The zero-order valence-electron chi connectivity index (χ0n) is 14.7. The Morgan fingerprint density at radius 1 is 1.07 bits per heavy atom. The number of ether oxygens (including phenoxy) is 2. The standard InChI is InChI=1S/C20H20ClN3O3/c21-17-6-4-5-16(13-17)20(25)19(24-15-22-14-23-24)9-10-26-11-12-27-18-7-2-1-3-8-18/h1-8,13-15,19H,9-12H2. The second-order valence-corrected chi connectivity index (χ2v) is 6.26. The number of ketones is 1. The molecule has 0 radical (unpaired) electrons. The van der Waals surface area contributed by atoms with Crippen molar-refractivity contribution in [2.75, 3.05) is 19.8 Å². The maximum atomic E-state index is 12.9. The Hall–Kier alpha value is -2.70. The minimum Gasteiger partial charge on any atom is -0.491 e. The first-order chi connectivity index (χ1) is 13.2. The van der Waals surface area contributed by atoms with E-state index in [1.54, 1.807) is 28.9 Å². The topological polar surface area (TPSA) is 66.2 Å². The lowest BCUT2D eigenvalue weighted by Crippen LogP contribution is -2.22. The molecule has 2 aromatic carbocycles. The van der Waals surface area contributed by atoms with E-state index in [1.165, 1.54) is 12.7 Å². The van der Waals surface area contributed by atoms with Crippen LogP contribution >= 0.6 is 11.6 Å². The fourth-order valence-corrected chi connectivity index (χ4v) is 2.82. The molecule has 27 heavy (non-hydrogen) atoms. The fourth-order valence-electron chi connectivity index (χ4n) is 2.63. The van der Waals surface area contributed by atoms with Crippen LogP contribution in [-0.4, -0.2) is 40.4 Å². The first-order valence-corrected chi connectivity index (χ1v) is 9.01. The zero-order chi connectivity index (χ0) is 18.9. The first kappa shape index (κ1) is 19.1. The summed E-state index contributed by atoms with van der Waals surface area (Å²) in [6, 6.07) is 15.9. The zero-order valence-corrected chi connectivity index (χ0v) is 15.5. The Kier molecular flexibility index (Phi) is 6.96. The van der Waals surface area contributed by atoms with Gasteiger partial charge in [-0.05, 0) is 24.3 Å². The number of rotatable bonds is 10. The van der Waals surface area contributed by atoms with E-state index >= 15 is 0 Å². The van der Waals surface area contributed by atoms with Gasteiger partial charge < -0.3 is 9.47 Å². The van der Waals surface area contributed by atoms with Crippen molar-refractivity contribution in [1.82, 2.24) is 14.8 Å². The van der Waals surface area contributed by atoms with Crippen LogP contribution in [0.3, 0.4) is 0 Å². The van der Waals surface area contributed by atoms with E-state index < -0.39 is 6.04 Å². The predicted molar refractivity (Wildman–Crippen MR) is 102 cm³/mol. The Balaban J connectivity index is 1.51. The molecular weight excluding hydrogens is 366 g/mol. The van der Waals surface area contributed by atoms with Gasteiger partial charge in [-0.15, -0.1) is 0 Å². The number of benzene rings is 2. The molecule has 140 valence electrons. The molecular formula is C20H20ClN3O3. The molecule has 3 rings (SSSR count). The lowest BCUT2D eigenvalue weighted by atomic mass is 10.0. The van der Waals surface area contributed by atoms with Gasteiger partial charge in [0.2, 0.25) is 0 Å². The van der Waals surface area contributed by atoms with Gasteiger partial charge in [0.15, 0.2) is 5.78 Å². The lowest BCUT2D eigenvalue weighted by molar-refractivity contribution is 0.0762. The number of carbonyl (C=O) groups is 1. The molecule has 0 saturated carbocycles. The Morgan fingerprint density at radius 3 is 2.67 bits per heavy atom. The van der Waals surface area contributed by atoms with Crippen molar-refractivity contribution < 1.29 is 14.3 Å². The van der Waals surface area contributed by atoms with Crippen LogP contribution in [0.25, 0.3) is 0 Å². The van der Waals surface area contributed by atoms with Crippen LogP contribution < -0.4 is 4.74 Å². The highest BCUT2D eigenvalue weighted by Gasteiger charge is 2.22. The van der Waals surface area contributed by atoms with Crippen LogP contribution in [0.5, 0.6) is 5.75 Å². The van der Waals surface area contributed by atoms with E-state index in [4.69, 9.17) is 21.1 Å². The second-order valence-electron chi connectivity index (χ2n) is 5.83. The summed E-state index contributed by atoms with van der Waals surface area (Å²) >= 11 is 6.01. The summed E-state index contributed by atoms with van der Waals surface area (Å²) in [5, 5.41) is 4.63. The van der Waals surface area contributed by atoms with Gasteiger partial charge in [0, 0.05) is 23.6 Å². The Labute approximate surface area is 162 Å². The van der Waals surface area contributed by atoms with Gasteiger partial charge in [-0.25, -0.2) is 9.67 Å². The van der Waals surface area contributed by atoms with E-state index in [2.05, 4.69) is 10.1 Å². The van der Waals surface area contributed by atoms with Crippen LogP contribution in [-0.2, 0) is 4.74 Å². The third kappa shape index (κ3) is 5.64. The second kappa shape index (κ2) is 9.85. The van der Waals surface area contributed by atoms with E-state index in [-0.39, 0.29) is 5.78 Å². The predicted octanol–water partition coefficient (Wildman–Crippen LogP) is 3.84. The van der Waals surface area contributed by atoms with Crippen molar-refractivity contribution in [2.45, 2.75) is 12.5 Å². The molecule has 0 aliphatic carbocycles. The SMILES string of the molecule is O=C(c1cccc(Cl)c1)C(CCOCCOc1ccccc1)n1cncn1. The molecule has 6 nitrogen and oxygen atoms in total. The molecule has 1 unspecified atom stereocenters. The molecule has 1 aromatic heterocycles. The summed E-state index contributed by atoms with van der Waals surface area (Å²) in [6.45, 7) is 1.28. The summed E-state index contributed by atoms with van der Waals surface area (Å²) in [4.78, 5) is 16.8. The quantitative estimate of drug-likeness (QED) is 0.392. The van der Waals surface area contributed by atoms with Crippen LogP contribution in [0, 0.1) is 0 Å². The number of Topliss-reactive ketones (excluding diaryl/α,β-unsaturated/α-hetero) is 1. The number of aromatic nitrogens is 3. The van der Waals surface area contributed by atoms with Gasteiger partial charge in [-0.2, -0.15) is 5.10 Å². The normalized spacial score (nSPS) is 11.9. The molecule has 3 aromatic rings. The highest BCUT2D eigenvalue weighted by molar-refractivity contribution is 6.31. The van der Waals surface area contributed by atoms with Gasteiger partial charge in [0.05, 0.1) is 6.61 Å². The average Bonchev–Trinajstić information content (AvgIpc) is 3.22. The molecule has 0 spiro atoms. The number of para-hydroxylation sites is 1. The van der Waals surface area contributed by atoms with E-state index in [0.717, 1.165) is 5.75 Å². The van der Waals surface area contributed by atoms with E-state index in [1.807, 2.05) is 30.3 Å². The third-order valence-electron chi connectivity index (χ3n) is 3.94. The molecule has 0 amide bonds. The summed E-state index contributed by atoms with van der Waals surface area (Å²) in [5.74, 6) is 0.727. The maximum Gasteiger partial charge on any atom is 0.187 e. The molecule has 0 saturated heterocycles. The largest absolute Gasteiger partial charge is 0.491 e. The number of nitrogens with zero attached hydrogens (tertiary/aromatic N) is 3. The van der Waals surface area contributed by atoms with Gasteiger partial charge in [0.25, 0.3) is 0 Å². The lowest BCUT2D eigenvalue weighted by Gasteiger charge is -2.16. The molecule has 0 aliphatic rings. The van der Waals surface area contributed by atoms with Gasteiger partial charge in [-0.3, -0.25) is 4.79 Å². The minimum absolute atomic E-state index is 0.0767. The van der Waals surface area contributed by atoms with Crippen LogP contribution in [0.4, 0.5) is 0 Å². The van der Waals surface area contributed by atoms with Crippen molar-refractivity contribution in [1.29, 1.82) is 0 Å². The summed E-state index contributed by atoms with van der Waals surface area (Å²) in [6.07, 6.45) is 3.42. The number of hydrogen-bond acceptors (Lipinski definition) is 5. The first-order valence-electron chi connectivity index (χ1n) is 8.63. The monoisotopic (exact) mass is 385 g/mol. The maximum absolute atomic E-state index is 12.9. The van der Waals surface area contributed by atoms with Crippen molar-refractivity contribution in [2.24, 2.45) is 0 Å². The van der Waals surface area contributed by atoms with E-state index in [9.17, 15) is 4.79 Å². The van der Waals surface area contributed by atoms with Crippen LogP contribution in [0.1, 0.15) is 22.8 Å². The van der Waals surface area contributed by atoms with Crippen LogP contribution in [0.2, 0.25) is 5.02 Å². The summed E-state index contributed by atoms with van der Waals surface area (Å²) in [7, 11) is 0. The summed E-state index contributed by atoms with van der Waals surface area (Å²) < 4.78 is 12.8. The van der Waals surface area contributed by atoms with Crippen molar-refractivity contribution >= 4 is 17.4 Å². The average molecular weight is 386 g/mol. The minimum atomic E-state index is -0.499. The number of halogens is 1. The molecule has 0 fully saturated rings. The van der Waals surface area contributed by atoms with Gasteiger partial charge >= 0.3 is 0 Å². The molecule has 1 heterocycles. The Bertz CT molecular complexity index is 841. The highest BCUT2D eigenvalue weighted by atomic mass is 35.5. The van der Waals surface area contributed by atoms with Gasteiger partial charge in [0.1, 0.15) is 31.1 Å². The van der Waals surface area contributed by atoms with Gasteiger partial charge in [-0.1, -0.05) is 41.9 Å². The smallest absolute Gasteiger partial charge is 0.187 e. The molecule has 0 bridgehead atoms. The molecule has 0 N–H and O–H groups in total. The van der Waals surface area contributed by atoms with Crippen molar-refractivity contribution in [3.8, 4) is 5.75 Å². The Morgan fingerprint density at radius 2 is 1.93 bits per heavy atom. The molecule has 0 aliphatic heterocycles. The summed E-state index contributed by atoms with van der Waals surface area (Å²) in [5.41, 5.74) is 0.537. The number of hydrogen-bond donors (Lipinski definition) is 0. The van der Waals surface area contributed by atoms with Crippen molar-refractivity contribution in [3.63, 3.8) is 0 Å². The third-order valence-corrected chi connectivity index (χ3v) is 4.18. The molecule has 7 heteroatoms. The fraction of sp³-hybridized carbons (Fsp3) is 0.250.